The van der Waals surface area contributed by atoms with Gasteiger partial charge in [0.15, 0.2) is 0 Å². The number of carbonyl (C=O) groups excluding carboxylic acids is 2. The molecule has 1 N–H and O–H groups in total. The van der Waals surface area contributed by atoms with Gasteiger partial charge in [0.2, 0.25) is 11.8 Å². The maximum atomic E-state index is 13.5. The monoisotopic (exact) mass is 534 g/mol. The number of nitrogens with one attached hydrogen (secondary N) is 1. The maximum absolute atomic E-state index is 13.5. The van der Waals surface area contributed by atoms with Crippen LogP contribution >= 0.6 is 46.6 Å². The van der Waals surface area contributed by atoms with Gasteiger partial charge >= 0.3 is 0 Å². The molecule has 0 saturated carbocycles. The number of hydrogen-bond acceptors (Lipinski definition) is 3. The zero-order chi connectivity index (χ0) is 24.5. The van der Waals surface area contributed by atoms with Crippen LogP contribution in [-0.2, 0) is 28.3 Å². The van der Waals surface area contributed by atoms with Crippen LogP contribution in [0, 0.1) is 0 Å². The second kappa shape index (κ2) is 13.1. The number of benzene rings is 3. The first-order valence-electron chi connectivity index (χ1n) is 10.7. The molecule has 3 aromatic carbocycles. The third-order valence-electron chi connectivity index (χ3n) is 5.35. The fourth-order valence-corrected chi connectivity index (χ4v) is 5.23. The highest BCUT2D eigenvalue weighted by molar-refractivity contribution is 7.99. The van der Waals surface area contributed by atoms with E-state index in [1.54, 1.807) is 30.1 Å². The lowest BCUT2D eigenvalue weighted by Gasteiger charge is -2.31. The van der Waals surface area contributed by atoms with Crippen LogP contribution in [-0.4, -0.2) is 35.6 Å². The van der Waals surface area contributed by atoms with E-state index in [0.717, 1.165) is 11.1 Å². The minimum atomic E-state index is -0.729. The van der Waals surface area contributed by atoms with Gasteiger partial charge in [0, 0.05) is 46.4 Å². The van der Waals surface area contributed by atoms with Crippen LogP contribution in [0.5, 0.6) is 0 Å². The summed E-state index contributed by atoms with van der Waals surface area (Å²) in [5.41, 5.74) is 2.51. The number of hydrogen-bond donors (Lipinski definition) is 1. The lowest BCUT2D eigenvalue weighted by molar-refractivity contribution is -0.139. The van der Waals surface area contributed by atoms with E-state index >= 15 is 0 Å². The second-order valence-corrected chi connectivity index (χ2v) is 9.83. The Balaban J connectivity index is 1.87. The van der Waals surface area contributed by atoms with E-state index in [1.807, 2.05) is 54.6 Å². The van der Waals surface area contributed by atoms with Crippen molar-refractivity contribution in [2.24, 2.45) is 0 Å². The fourth-order valence-electron chi connectivity index (χ4n) is 3.52. The molecule has 0 aliphatic heterocycles. The number of rotatable bonds is 10. The topological polar surface area (TPSA) is 49.4 Å². The highest BCUT2D eigenvalue weighted by atomic mass is 35.5. The molecule has 34 heavy (non-hydrogen) atoms. The maximum Gasteiger partial charge on any atom is 0.242 e. The molecule has 0 aliphatic rings. The second-order valence-electron chi connectivity index (χ2n) is 7.63. The van der Waals surface area contributed by atoms with Crippen LogP contribution in [0.25, 0.3) is 0 Å². The molecule has 4 nitrogen and oxygen atoms in total. The Morgan fingerprint density at radius 1 is 0.882 bits per heavy atom. The average molecular weight is 536 g/mol. The van der Waals surface area contributed by atoms with E-state index in [0.29, 0.717) is 32.8 Å². The highest BCUT2D eigenvalue weighted by Gasteiger charge is 2.30. The summed E-state index contributed by atoms with van der Waals surface area (Å²) in [5.74, 6) is 0.319. The summed E-state index contributed by atoms with van der Waals surface area (Å²) < 4.78 is 0. The molecule has 3 rings (SSSR count). The van der Waals surface area contributed by atoms with Crippen molar-refractivity contribution < 1.29 is 9.59 Å². The van der Waals surface area contributed by atoms with Crippen molar-refractivity contribution in [2.45, 2.75) is 24.8 Å². The fraction of sp³-hybridized carbons (Fsp3) is 0.231. The summed E-state index contributed by atoms with van der Waals surface area (Å²) in [5, 5.41) is 4.26. The van der Waals surface area contributed by atoms with Gasteiger partial charge in [-0.25, -0.2) is 0 Å². The van der Waals surface area contributed by atoms with Crippen molar-refractivity contribution in [3.05, 3.63) is 105 Å². The lowest BCUT2D eigenvalue weighted by Crippen LogP contribution is -2.50. The number of amides is 2. The average Bonchev–Trinajstić information content (AvgIpc) is 2.84. The van der Waals surface area contributed by atoms with Crippen molar-refractivity contribution in [1.82, 2.24) is 10.2 Å². The van der Waals surface area contributed by atoms with Gasteiger partial charge in [0.05, 0.1) is 5.75 Å². The first kappa shape index (κ1) is 26.4. The molecule has 178 valence electrons. The first-order valence-corrected chi connectivity index (χ1v) is 13.0. The highest BCUT2D eigenvalue weighted by Crippen LogP contribution is 2.28. The Morgan fingerprint density at radius 2 is 1.50 bits per heavy atom. The standard InChI is InChI=1S/C26H25Cl3N2O2S/c1-30-26(33)24(14-18-8-3-2-4-9-18)31(15-20-22(28)12-7-13-23(20)29)25(32)17-34-16-19-10-5-6-11-21(19)27/h2-13,24H,14-17H2,1H3,(H,30,33). The van der Waals surface area contributed by atoms with Crippen molar-refractivity contribution in [1.29, 1.82) is 0 Å². The van der Waals surface area contributed by atoms with E-state index in [-0.39, 0.29) is 24.1 Å². The summed E-state index contributed by atoms with van der Waals surface area (Å²) in [6.45, 7) is 0.120. The summed E-state index contributed by atoms with van der Waals surface area (Å²) in [4.78, 5) is 28.0. The van der Waals surface area contributed by atoms with Crippen LogP contribution in [0.1, 0.15) is 16.7 Å². The Morgan fingerprint density at radius 3 is 2.15 bits per heavy atom. The predicted octanol–water partition coefficient (Wildman–Crippen LogP) is 6.27. The molecule has 0 aromatic heterocycles. The number of carbonyl (C=O) groups is 2. The summed E-state index contributed by atoms with van der Waals surface area (Å²) in [7, 11) is 1.57. The number of likely N-dealkylation sites (N-methyl/N-ethyl adjacent to an activating group) is 1. The summed E-state index contributed by atoms with van der Waals surface area (Å²) >= 11 is 20.5. The molecule has 0 heterocycles. The Labute approximate surface area is 219 Å². The molecule has 1 unspecified atom stereocenters. The van der Waals surface area contributed by atoms with Crippen molar-refractivity contribution >= 4 is 58.4 Å². The summed E-state index contributed by atoms with van der Waals surface area (Å²) in [6.07, 6.45) is 0.365. The molecule has 0 fully saturated rings. The van der Waals surface area contributed by atoms with Crippen LogP contribution in [0.4, 0.5) is 0 Å². The van der Waals surface area contributed by atoms with Gasteiger partial charge in [-0.15, -0.1) is 11.8 Å². The molecule has 2 amide bonds. The van der Waals surface area contributed by atoms with Crippen LogP contribution in [0.15, 0.2) is 72.8 Å². The Bertz CT molecular complexity index is 1110. The van der Waals surface area contributed by atoms with Gasteiger partial charge in [0.1, 0.15) is 6.04 Å². The SMILES string of the molecule is CNC(=O)C(Cc1ccccc1)N(Cc1c(Cl)cccc1Cl)C(=O)CSCc1ccccc1Cl. The molecule has 1 atom stereocenters. The molecular formula is C26H25Cl3N2O2S. The zero-order valence-electron chi connectivity index (χ0n) is 18.6. The molecule has 3 aromatic rings. The van der Waals surface area contributed by atoms with E-state index < -0.39 is 6.04 Å². The normalized spacial score (nSPS) is 11.6. The van der Waals surface area contributed by atoms with Gasteiger partial charge in [0.25, 0.3) is 0 Å². The van der Waals surface area contributed by atoms with Crippen molar-refractivity contribution in [3.8, 4) is 0 Å². The van der Waals surface area contributed by atoms with Crippen molar-refractivity contribution in [3.63, 3.8) is 0 Å². The summed E-state index contributed by atoms with van der Waals surface area (Å²) in [6, 6.07) is 21.6. The smallest absolute Gasteiger partial charge is 0.242 e. The van der Waals surface area contributed by atoms with Gasteiger partial charge in [-0.2, -0.15) is 0 Å². The van der Waals surface area contributed by atoms with Crippen molar-refractivity contribution in [2.75, 3.05) is 12.8 Å². The van der Waals surface area contributed by atoms with Gasteiger partial charge in [-0.3, -0.25) is 9.59 Å². The largest absolute Gasteiger partial charge is 0.357 e. The van der Waals surface area contributed by atoms with Crippen LogP contribution in [0.3, 0.4) is 0 Å². The van der Waals surface area contributed by atoms with Gasteiger partial charge in [-0.1, -0.05) is 89.4 Å². The molecule has 0 bridgehead atoms. The molecular weight excluding hydrogens is 511 g/mol. The van der Waals surface area contributed by atoms with E-state index in [9.17, 15) is 9.59 Å². The number of halogens is 3. The van der Waals surface area contributed by atoms with Gasteiger partial charge < -0.3 is 10.2 Å². The first-order chi connectivity index (χ1) is 16.4. The predicted molar refractivity (Wildman–Crippen MR) is 143 cm³/mol. The molecule has 0 aliphatic carbocycles. The third kappa shape index (κ3) is 7.16. The molecule has 8 heteroatoms. The Hall–Kier alpha value is -2.18. The van der Waals surface area contributed by atoms with E-state index in [2.05, 4.69) is 5.32 Å². The van der Waals surface area contributed by atoms with Gasteiger partial charge in [-0.05, 0) is 29.3 Å². The quantitative estimate of drug-likeness (QED) is 0.333. The number of nitrogens with zero attached hydrogens (tertiary/aromatic N) is 1. The molecule has 0 spiro atoms. The third-order valence-corrected chi connectivity index (χ3v) is 7.39. The molecule has 0 radical (unpaired) electrons. The molecule has 0 saturated heterocycles. The lowest BCUT2D eigenvalue weighted by atomic mass is 10.0. The number of thioether (sulfide) groups is 1. The minimum absolute atomic E-state index is 0.120. The van der Waals surface area contributed by atoms with E-state index in [4.69, 9.17) is 34.8 Å². The van der Waals surface area contributed by atoms with E-state index in [1.165, 1.54) is 11.8 Å². The Kier molecular flexibility index (Phi) is 10.1. The van der Waals surface area contributed by atoms with Crippen LogP contribution < -0.4 is 5.32 Å². The minimum Gasteiger partial charge on any atom is -0.357 e. The van der Waals surface area contributed by atoms with Crippen LogP contribution in [0.2, 0.25) is 15.1 Å². The zero-order valence-corrected chi connectivity index (χ0v) is 21.7.